The molecule has 1 aliphatic rings. The number of hydrogen-bond acceptors (Lipinski definition) is 4. The van der Waals surface area contributed by atoms with Gasteiger partial charge in [0.1, 0.15) is 5.75 Å². The van der Waals surface area contributed by atoms with E-state index in [2.05, 4.69) is 22.3 Å². The van der Waals surface area contributed by atoms with Crippen LogP contribution in [-0.2, 0) is 9.59 Å². The van der Waals surface area contributed by atoms with Gasteiger partial charge in [0.2, 0.25) is 11.8 Å². The Bertz CT molecular complexity index is 823. The maximum absolute atomic E-state index is 12.4. The van der Waals surface area contributed by atoms with Crippen LogP contribution in [-0.4, -0.2) is 56.0 Å². The van der Waals surface area contributed by atoms with Crippen molar-refractivity contribution < 1.29 is 14.3 Å². The second-order valence-corrected chi connectivity index (χ2v) is 7.65. The van der Waals surface area contributed by atoms with Crippen molar-refractivity contribution in [3.63, 3.8) is 0 Å². The van der Waals surface area contributed by atoms with Crippen LogP contribution >= 0.6 is 11.6 Å². The lowest BCUT2D eigenvalue weighted by atomic mass is 10.2. The molecule has 1 heterocycles. The van der Waals surface area contributed by atoms with Crippen LogP contribution in [0.4, 0.5) is 5.69 Å². The first-order chi connectivity index (χ1) is 14.6. The first-order valence-corrected chi connectivity index (χ1v) is 10.7. The lowest BCUT2D eigenvalue weighted by Gasteiger charge is -2.36. The summed E-state index contributed by atoms with van der Waals surface area (Å²) in [7, 11) is 0. The number of anilines is 1. The Kier molecular flexibility index (Phi) is 8.39. The van der Waals surface area contributed by atoms with Crippen molar-refractivity contribution >= 4 is 29.1 Å². The molecule has 1 saturated heterocycles. The lowest BCUT2D eigenvalue weighted by Crippen LogP contribution is -2.48. The molecule has 0 unspecified atom stereocenters. The standard InChI is InChI=1S/C23H28ClN3O3/c24-19-6-4-9-21(18-19)30-17-11-22(28)25-12-5-10-23(29)27-15-13-26(14-16-27)20-7-2-1-3-8-20/h1-4,6-9,18H,5,10-17H2,(H,25,28). The quantitative estimate of drug-likeness (QED) is 0.621. The van der Waals surface area contributed by atoms with Crippen molar-refractivity contribution in [2.24, 2.45) is 0 Å². The Balaban J connectivity index is 1.25. The highest BCUT2D eigenvalue weighted by Crippen LogP contribution is 2.17. The molecule has 0 spiro atoms. The number of nitrogens with one attached hydrogen (secondary N) is 1. The van der Waals surface area contributed by atoms with Gasteiger partial charge >= 0.3 is 0 Å². The molecule has 1 aliphatic heterocycles. The fourth-order valence-corrected chi connectivity index (χ4v) is 3.57. The topological polar surface area (TPSA) is 61.9 Å². The number of halogens is 1. The zero-order valence-corrected chi connectivity index (χ0v) is 17.8. The summed E-state index contributed by atoms with van der Waals surface area (Å²) < 4.78 is 5.51. The van der Waals surface area contributed by atoms with Crippen molar-refractivity contribution in [1.29, 1.82) is 0 Å². The third-order valence-electron chi connectivity index (χ3n) is 5.04. The third kappa shape index (κ3) is 6.95. The van der Waals surface area contributed by atoms with E-state index in [-0.39, 0.29) is 24.8 Å². The molecule has 1 N–H and O–H groups in total. The molecule has 0 saturated carbocycles. The SMILES string of the molecule is O=C(CCOc1cccc(Cl)c1)NCCCC(=O)N1CCN(c2ccccc2)CC1. The minimum absolute atomic E-state index is 0.0825. The smallest absolute Gasteiger partial charge is 0.223 e. The summed E-state index contributed by atoms with van der Waals surface area (Å²) >= 11 is 5.90. The number of benzene rings is 2. The number of rotatable bonds is 9. The Hall–Kier alpha value is -2.73. The van der Waals surface area contributed by atoms with Gasteiger partial charge in [-0.2, -0.15) is 0 Å². The summed E-state index contributed by atoms with van der Waals surface area (Å²) in [6.45, 7) is 3.95. The van der Waals surface area contributed by atoms with Crippen molar-refractivity contribution in [3.8, 4) is 5.75 Å². The summed E-state index contributed by atoms with van der Waals surface area (Å²) in [6.07, 6.45) is 1.35. The number of nitrogens with zero attached hydrogens (tertiary/aromatic N) is 2. The van der Waals surface area contributed by atoms with Crippen LogP contribution in [0.5, 0.6) is 5.75 Å². The molecule has 2 aromatic rings. The summed E-state index contributed by atoms with van der Waals surface area (Å²) in [5.74, 6) is 0.718. The number of carbonyl (C=O) groups excluding carboxylic acids is 2. The monoisotopic (exact) mass is 429 g/mol. The van der Waals surface area contributed by atoms with Crippen LogP contribution in [0, 0.1) is 0 Å². The summed E-state index contributed by atoms with van der Waals surface area (Å²) in [4.78, 5) is 28.5. The van der Waals surface area contributed by atoms with Gasteiger partial charge in [0.15, 0.2) is 0 Å². The zero-order valence-electron chi connectivity index (χ0n) is 17.1. The molecule has 7 heteroatoms. The Morgan fingerprint density at radius 2 is 1.73 bits per heavy atom. The number of ether oxygens (including phenoxy) is 1. The lowest BCUT2D eigenvalue weighted by molar-refractivity contribution is -0.131. The first-order valence-electron chi connectivity index (χ1n) is 10.3. The molecule has 160 valence electrons. The predicted octanol–water partition coefficient (Wildman–Crippen LogP) is 3.35. The fraction of sp³-hybridized carbons (Fsp3) is 0.391. The highest BCUT2D eigenvalue weighted by Gasteiger charge is 2.20. The van der Waals surface area contributed by atoms with E-state index in [4.69, 9.17) is 16.3 Å². The van der Waals surface area contributed by atoms with Gasteiger partial charge in [0.25, 0.3) is 0 Å². The molecule has 2 amide bonds. The number of piperazine rings is 1. The molecule has 3 rings (SSSR count). The molecule has 0 bridgehead atoms. The highest BCUT2D eigenvalue weighted by molar-refractivity contribution is 6.30. The van der Waals surface area contributed by atoms with Crippen LogP contribution in [0.1, 0.15) is 19.3 Å². The van der Waals surface area contributed by atoms with E-state index in [9.17, 15) is 9.59 Å². The van der Waals surface area contributed by atoms with Gasteiger partial charge in [-0.05, 0) is 36.8 Å². The maximum atomic E-state index is 12.4. The van der Waals surface area contributed by atoms with Crippen LogP contribution in [0.3, 0.4) is 0 Å². The van der Waals surface area contributed by atoms with E-state index in [0.717, 1.165) is 26.2 Å². The number of amides is 2. The fourth-order valence-electron chi connectivity index (χ4n) is 3.39. The van der Waals surface area contributed by atoms with Crippen molar-refractivity contribution in [3.05, 3.63) is 59.6 Å². The molecule has 1 fully saturated rings. The molecule has 0 atom stereocenters. The second-order valence-electron chi connectivity index (χ2n) is 7.21. The van der Waals surface area contributed by atoms with Gasteiger partial charge < -0.3 is 19.9 Å². The molecule has 0 aromatic heterocycles. The van der Waals surface area contributed by atoms with Crippen LogP contribution in [0.25, 0.3) is 0 Å². The minimum atomic E-state index is -0.0825. The molecule has 30 heavy (non-hydrogen) atoms. The van der Waals surface area contributed by atoms with E-state index in [1.54, 1.807) is 24.3 Å². The van der Waals surface area contributed by atoms with Gasteiger partial charge in [0.05, 0.1) is 13.0 Å². The zero-order chi connectivity index (χ0) is 21.2. The number of para-hydroxylation sites is 1. The van der Waals surface area contributed by atoms with E-state index < -0.39 is 0 Å². The minimum Gasteiger partial charge on any atom is -0.493 e. The van der Waals surface area contributed by atoms with Crippen LogP contribution in [0.15, 0.2) is 54.6 Å². The average molecular weight is 430 g/mol. The van der Waals surface area contributed by atoms with Gasteiger partial charge in [-0.3, -0.25) is 9.59 Å². The van der Waals surface area contributed by atoms with E-state index in [1.165, 1.54) is 5.69 Å². The van der Waals surface area contributed by atoms with E-state index in [0.29, 0.717) is 30.2 Å². The predicted molar refractivity (Wildman–Crippen MR) is 119 cm³/mol. The van der Waals surface area contributed by atoms with Crippen molar-refractivity contribution in [2.45, 2.75) is 19.3 Å². The summed E-state index contributed by atoms with van der Waals surface area (Å²) in [5, 5.41) is 3.44. The second kappa shape index (κ2) is 11.5. The molecule has 0 radical (unpaired) electrons. The molecular weight excluding hydrogens is 402 g/mol. The van der Waals surface area contributed by atoms with Gasteiger partial charge in [-0.25, -0.2) is 0 Å². The molecule has 0 aliphatic carbocycles. The summed E-state index contributed by atoms with van der Waals surface area (Å²) in [6, 6.07) is 17.4. The maximum Gasteiger partial charge on any atom is 0.223 e. The van der Waals surface area contributed by atoms with Crippen molar-refractivity contribution in [1.82, 2.24) is 10.2 Å². The van der Waals surface area contributed by atoms with Crippen LogP contribution in [0.2, 0.25) is 5.02 Å². The van der Waals surface area contributed by atoms with E-state index in [1.807, 2.05) is 23.1 Å². The van der Waals surface area contributed by atoms with Gasteiger partial charge in [-0.15, -0.1) is 0 Å². The van der Waals surface area contributed by atoms with E-state index >= 15 is 0 Å². The van der Waals surface area contributed by atoms with Gasteiger partial charge in [0, 0.05) is 49.9 Å². The number of carbonyl (C=O) groups is 2. The van der Waals surface area contributed by atoms with Crippen LogP contribution < -0.4 is 15.0 Å². The van der Waals surface area contributed by atoms with Gasteiger partial charge in [-0.1, -0.05) is 35.9 Å². The highest BCUT2D eigenvalue weighted by atomic mass is 35.5. The normalized spacial score (nSPS) is 13.8. The third-order valence-corrected chi connectivity index (χ3v) is 5.27. The molecular formula is C23H28ClN3O3. The average Bonchev–Trinajstić information content (AvgIpc) is 2.77. The Labute approximate surface area is 182 Å². The Morgan fingerprint density at radius 1 is 0.967 bits per heavy atom. The number of hydrogen-bond donors (Lipinski definition) is 1. The largest absolute Gasteiger partial charge is 0.493 e. The molecule has 2 aromatic carbocycles. The van der Waals surface area contributed by atoms with Crippen molar-refractivity contribution in [2.75, 3.05) is 44.2 Å². The Morgan fingerprint density at radius 3 is 2.47 bits per heavy atom. The summed E-state index contributed by atoms with van der Waals surface area (Å²) in [5.41, 5.74) is 1.20. The molecule has 6 nitrogen and oxygen atoms in total. The first kappa shape index (κ1) is 22.0.